The van der Waals surface area contributed by atoms with E-state index in [0.29, 0.717) is 25.8 Å². The third-order valence-electron chi connectivity index (χ3n) is 10.2. The van der Waals surface area contributed by atoms with Crippen molar-refractivity contribution in [3.63, 3.8) is 0 Å². The Labute approximate surface area is 301 Å². The summed E-state index contributed by atoms with van der Waals surface area (Å²) in [5.41, 5.74) is 6.20. The van der Waals surface area contributed by atoms with E-state index in [1.54, 1.807) is 12.2 Å². The van der Waals surface area contributed by atoms with Gasteiger partial charge in [0.2, 0.25) is 12.1 Å². The number of aliphatic carboxylic acids is 1. The quantitative estimate of drug-likeness (QED) is 0.0187. The van der Waals surface area contributed by atoms with Crippen LogP contribution in [0.4, 0.5) is 0 Å². The molecule has 1 saturated carbocycles. The van der Waals surface area contributed by atoms with Gasteiger partial charge in [-0.3, -0.25) is 4.99 Å². The topological polar surface area (TPSA) is 291 Å². The van der Waals surface area contributed by atoms with Gasteiger partial charge >= 0.3 is 5.97 Å². The lowest BCUT2D eigenvalue weighted by Crippen LogP contribution is -3.16. The number of carboxylic acids is 1. The Kier molecular flexibility index (Phi) is 15.4. The van der Waals surface area contributed by atoms with Gasteiger partial charge in [0.25, 0.3) is 0 Å². The number of rotatable bonds is 15. The number of aliphatic imine (C=N–C) groups is 1. The number of nitrogens with two attached hydrogens (primary N) is 1. The number of likely N-dealkylation sites (tertiary alicyclic amines) is 1. The van der Waals surface area contributed by atoms with E-state index in [-0.39, 0.29) is 50.5 Å². The van der Waals surface area contributed by atoms with Gasteiger partial charge in [-0.1, -0.05) is 24.6 Å². The van der Waals surface area contributed by atoms with Crippen LogP contribution >= 0.6 is 0 Å². The molecule has 0 amide bonds. The predicted molar refractivity (Wildman–Crippen MR) is 178 cm³/mol. The van der Waals surface area contributed by atoms with Crippen LogP contribution in [-0.4, -0.2) is 148 Å². The van der Waals surface area contributed by atoms with Crippen molar-refractivity contribution in [3.8, 4) is 0 Å². The van der Waals surface area contributed by atoms with E-state index in [4.69, 9.17) is 29.8 Å². The molecule has 3 heterocycles. The van der Waals surface area contributed by atoms with Gasteiger partial charge in [0.05, 0.1) is 62.0 Å². The molecule has 3 aliphatic heterocycles. The van der Waals surface area contributed by atoms with Gasteiger partial charge in [-0.15, -0.1) is 6.58 Å². The Morgan fingerprint density at radius 2 is 1.83 bits per heavy atom. The SMILES string of the molecule is C=CC1C(OC2OC(CO)C(O)C(O)(O)C2O)OC=C(C(=O)OC2CCCCC2)C1C=CC1C[NH+](CCO)CC(C(=O)[O-])C1NC(N)=NCCCO. The van der Waals surface area contributed by atoms with Crippen molar-refractivity contribution in [1.29, 1.82) is 0 Å². The van der Waals surface area contributed by atoms with Gasteiger partial charge in [-0.05, 0) is 32.1 Å². The van der Waals surface area contributed by atoms with Gasteiger partial charge in [0, 0.05) is 25.0 Å². The molecular formula is C34H54N4O14. The second-order valence-electron chi connectivity index (χ2n) is 13.7. The molecule has 0 spiro atoms. The molecule has 11 N–H and O–H groups in total. The number of aliphatic hydroxyl groups is 7. The summed E-state index contributed by atoms with van der Waals surface area (Å²) >= 11 is 0. The smallest absolute Gasteiger partial charge is 0.338 e. The van der Waals surface area contributed by atoms with Crippen LogP contribution in [0.15, 0.2) is 41.6 Å². The second-order valence-corrected chi connectivity index (χ2v) is 13.7. The lowest BCUT2D eigenvalue weighted by atomic mass is 9.79. The summed E-state index contributed by atoms with van der Waals surface area (Å²) in [7, 11) is 0. The average Bonchev–Trinajstić information content (AvgIpc) is 3.12. The van der Waals surface area contributed by atoms with Crippen molar-refractivity contribution in [1.82, 2.24) is 5.32 Å². The van der Waals surface area contributed by atoms with Crippen molar-refractivity contribution < 1.29 is 74.3 Å². The molecule has 11 unspecified atom stereocenters. The molecule has 294 valence electrons. The summed E-state index contributed by atoms with van der Waals surface area (Å²) in [6, 6.07) is -0.827. The Morgan fingerprint density at radius 3 is 2.46 bits per heavy atom. The molecule has 18 heteroatoms. The van der Waals surface area contributed by atoms with Crippen molar-refractivity contribution in [2.45, 2.75) is 87.3 Å². The maximum atomic E-state index is 13.7. The van der Waals surface area contributed by atoms with E-state index in [1.165, 1.54) is 6.08 Å². The minimum absolute atomic E-state index is 0.0324. The number of piperidine rings is 1. The zero-order valence-electron chi connectivity index (χ0n) is 29.1. The first-order chi connectivity index (χ1) is 24.9. The highest BCUT2D eigenvalue weighted by Gasteiger charge is 2.56. The fourth-order valence-electron chi connectivity index (χ4n) is 7.25. The monoisotopic (exact) mass is 742 g/mol. The Balaban J connectivity index is 1.69. The van der Waals surface area contributed by atoms with E-state index < -0.39 is 84.9 Å². The third-order valence-corrected chi connectivity index (χ3v) is 10.2. The summed E-state index contributed by atoms with van der Waals surface area (Å²) in [6.07, 6.45) is 1.18. The summed E-state index contributed by atoms with van der Waals surface area (Å²) in [4.78, 5) is 31.1. The molecule has 4 rings (SSSR count). The molecule has 52 heavy (non-hydrogen) atoms. The molecule has 0 bridgehead atoms. The van der Waals surface area contributed by atoms with Crippen LogP contribution in [-0.2, 0) is 28.5 Å². The lowest BCUT2D eigenvalue weighted by molar-refractivity contribution is -0.911. The molecule has 0 aromatic carbocycles. The maximum Gasteiger partial charge on any atom is 0.338 e. The molecule has 0 aromatic rings. The zero-order valence-corrected chi connectivity index (χ0v) is 29.1. The summed E-state index contributed by atoms with van der Waals surface area (Å²) < 4.78 is 23.0. The standard InChI is InChI=1S/C34H54N4O14/c1-2-21-22(10-9-19-15-38(12-14-40)16-23(29(44)45)26(19)37-33(35)36-11-6-13-39)24(30(46)50-20-7-4-3-5-8-20)18-49-31(21)52-32-28(43)34(47,48)27(42)25(17-41)51-32/h2,9-10,18-23,25-28,31-32,39-43,47-48H,1,3-8,11-17H2,(H,44,45)(H3,35,36,37). The molecule has 1 aliphatic carbocycles. The number of esters is 1. The Bertz CT molecular complexity index is 1290. The number of aliphatic hydroxyl groups excluding tert-OH is 5. The van der Waals surface area contributed by atoms with Crippen molar-refractivity contribution in [2.75, 3.05) is 46.0 Å². The van der Waals surface area contributed by atoms with Crippen LogP contribution in [0, 0.1) is 23.7 Å². The number of allylic oxidation sites excluding steroid dienone is 1. The van der Waals surface area contributed by atoms with E-state index in [2.05, 4.69) is 16.9 Å². The number of carbonyl (C=O) groups is 2. The Morgan fingerprint density at radius 1 is 1.10 bits per heavy atom. The number of quaternary nitrogens is 1. The molecule has 4 aliphatic rings. The van der Waals surface area contributed by atoms with E-state index >= 15 is 0 Å². The number of hydrogen-bond donors (Lipinski definition) is 10. The number of carbonyl (C=O) groups excluding carboxylic acids is 2. The zero-order chi connectivity index (χ0) is 38.0. The van der Waals surface area contributed by atoms with Crippen LogP contribution in [0.2, 0.25) is 0 Å². The number of ether oxygens (including phenoxy) is 4. The van der Waals surface area contributed by atoms with E-state index in [1.807, 2.05) is 0 Å². The van der Waals surface area contributed by atoms with Crippen LogP contribution in [0.1, 0.15) is 38.5 Å². The van der Waals surface area contributed by atoms with Crippen molar-refractivity contribution in [2.24, 2.45) is 34.4 Å². The first-order valence-electron chi connectivity index (χ1n) is 17.8. The molecule has 3 fully saturated rings. The highest BCUT2D eigenvalue weighted by molar-refractivity contribution is 5.89. The molecule has 0 aromatic heterocycles. The van der Waals surface area contributed by atoms with Gasteiger partial charge in [-0.2, -0.15) is 0 Å². The first kappa shape index (κ1) is 41.6. The summed E-state index contributed by atoms with van der Waals surface area (Å²) in [5, 5.41) is 85.5. The number of carboxylic acid groups (broad SMARTS) is 1. The summed E-state index contributed by atoms with van der Waals surface area (Å²) in [5.74, 6) is -8.60. The summed E-state index contributed by atoms with van der Waals surface area (Å²) in [6.45, 7) is 3.68. The van der Waals surface area contributed by atoms with Crippen LogP contribution in [0.5, 0.6) is 0 Å². The molecule has 2 saturated heterocycles. The number of nitrogens with zero attached hydrogens (tertiary/aromatic N) is 1. The highest BCUT2D eigenvalue weighted by atomic mass is 16.8. The van der Waals surface area contributed by atoms with Crippen LogP contribution in [0.25, 0.3) is 0 Å². The fourth-order valence-corrected chi connectivity index (χ4v) is 7.25. The predicted octanol–water partition coefficient (Wildman–Crippen LogP) is -5.26. The Hall–Kier alpha value is -3.17. The van der Waals surface area contributed by atoms with Crippen LogP contribution < -0.4 is 21.1 Å². The van der Waals surface area contributed by atoms with Crippen LogP contribution in [0.3, 0.4) is 0 Å². The fraction of sp³-hybridized carbons (Fsp3) is 0.735. The van der Waals surface area contributed by atoms with Gasteiger partial charge in [0.15, 0.2) is 18.4 Å². The lowest BCUT2D eigenvalue weighted by Gasteiger charge is -2.46. The number of hydrogen-bond acceptors (Lipinski definition) is 15. The van der Waals surface area contributed by atoms with E-state index in [0.717, 1.165) is 30.4 Å². The van der Waals surface area contributed by atoms with Crippen molar-refractivity contribution >= 4 is 17.9 Å². The van der Waals surface area contributed by atoms with Gasteiger partial charge in [0.1, 0.15) is 24.9 Å². The number of guanidine groups is 1. The number of nitrogens with one attached hydrogen (secondary N) is 2. The van der Waals surface area contributed by atoms with Crippen molar-refractivity contribution in [3.05, 3.63) is 36.6 Å². The highest BCUT2D eigenvalue weighted by Crippen LogP contribution is 2.38. The van der Waals surface area contributed by atoms with Gasteiger partial charge in [-0.25, -0.2) is 4.79 Å². The molecular weight excluding hydrogens is 688 g/mol. The maximum absolute atomic E-state index is 13.7. The van der Waals surface area contributed by atoms with Gasteiger partial charge < -0.3 is 80.5 Å². The first-order valence-corrected chi connectivity index (χ1v) is 17.8. The van der Waals surface area contributed by atoms with E-state index in [9.17, 15) is 45.3 Å². The largest absolute Gasteiger partial charge is 0.550 e. The molecule has 18 nitrogen and oxygen atoms in total. The molecule has 11 atom stereocenters. The normalized spacial score (nSPS) is 35.7. The molecule has 0 radical (unpaired) electrons. The minimum Gasteiger partial charge on any atom is -0.550 e. The average molecular weight is 743 g/mol. The minimum atomic E-state index is -3.12. The third kappa shape index (κ3) is 10.1. The second kappa shape index (κ2) is 19.2.